The van der Waals surface area contributed by atoms with E-state index in [4.69, 9.17) is 9.52 Å². The van der Waals surface area contributed by atoms with Gasteiger partial charge in [0.2, 0.25) is 5.89 Å². The number of carboxylic acids is 1. The van der Waals surface area contributed by atoms with Crippen LogP contribution in [0.3, 0.4) is 0 Å². The molecular formula is C23H15N3O4. The van der Waals surface area contributed by atoms with Crippen LogP contribution in [-0.4, -0.2) is 25.8 Å². The fourth-order valence-corrected chi connectivity index (χ4v) is 2.78. The highest BCUT2D eigenvalue weighted by atomic mass is 16.4. The van der Waals surface area contributed by atoms with Crippen LogP contribution in [0.4, 0.5) is 0 Å². The van der Waals surface area contributed by atoms with Crippen molar-refractivity contribution in [2.45, 2.75) is 6.42 Å². The Morgan fingerprint density at radius 1 is 1.07 bits per heavy atom. The molecule has 1 N–H and O–H groups in total. The molecule has 30 heavy (non-hydrogen) atoms. The van der Waals surface area contributed by atoms with Gasteiger partial charge in [0.05, 0.1) is 5.56 Å². The Labute approximate surface area is 171 Å². The van der Waals surface area contributed by atoms with Crippen LogP contribution in [0.2, 0.25) is 0 Å². The van der Waals surface area contributed by atoms with E-state index in [9.17, 15) is 9.59 Å². The maximum absolute atomic E-state index is 12.7. The summed E-state index contributed by atoms with van der Waals surface area (Å²) in [6.45, 7) is 0. The summed E-state index contributed by atoms with van der Waals surface area (Å²) < 4.78 is 6.53. The Kier molecular flexibility index (Phi) is 5.22. The predicted octanol–water partition coefficient (Wildman–Crippen LogP) is 3.32. The molecule has 146 valence electrons. The number of nitrogens with zero attached hydrogens (tertiary/aromatic N) is 3. The molecule has 7 nitrogen and oxygen atoms in total. The van der Waals surface area contributed by atoms with Gasteiger partial charge in [0, 0.05) is 24.2 Å². The van der Waals surface area contributed by atoms with Crippen LogP contribution in [0, 0.1) is 12.0 Å². The minimum Gasteiger partial charge on any atom is -0.478 e. The molecule has 4 rings (SSSR count). The lowest BCUT2D eigenvalue weighted by molar-refractivity contribution is 0.0697. The van der Waals surface area contributed by atoms with Gasteiger partial charge in [-0.15, -0.1) is 0 Å². The summed E-state index contributed by atoms with van der Waals surface area (Å²) in [6.07, 6.45) is 3.30. The van der Waals surface area contributed by atoms with E-state index in [1.165, 1.54) is 30.7 Å². The molecule has 0 atom stereocenters. The van der Waals surface area contributed by atoms with Crippen molar-refractivity contribution >= 4 is 5.97 Å². The number of aromatic nitrogens is 3. The van der Waals surface area contributed by atoms with E-state index in [-0.39, 0.29) is 17.0 Å². The van der Waals surface area contributed by atoms with Crippen molar-refractivity contribution in [3.63, 3.8) is 0 Å². The maximum atomic E-state index is 12.7. The second-order valence-corrected chi connectivity index (χ2v) is 6.33. The number of hydrogen-bond acceptors (Lipinski definition) is 5. The minimum absolute atomic E-state index is 0.195. The molecule has 0 amide bonds. The number of benzene rings is 2. The average Bonchev–Trinajstić information content (AvgIpc) is 3.26. The summed E-state index contributed by atoms with van der Waals surface area (Å²) in [4.78, 5) is 28.0. The number of carbonyl (C=O) groups is 1. The Balaban J connectivity index is 1.56. The Bertz CT molecular complexity index is 1310. The first kappa shape index (κ1) is 18.9. The molecule has 2 aromatic heterocycles. The molecule has 2 heterocycles. The predicted molar refractivity (Wildman–Crippen MR) is 110 cm³/mol. The quantitative estimate of drug-likeness (QED) is 0.531. The molecule has 0 unspecified atom stereocenters. The molecule has 0 spiro atoms. The first-order valence-corrected chi connectivity index (χ1v) is 9.02. The largest absolute Gasteiger partial charge is 0.478 e. The van der Waals surface area contributed by atoms with Gasteiger partial charge in [-0.05, 0) is 23.8 Å². The van der Waals surface area contributed by atoms with Crippen molar-refractivity contribution in [2.75, 3.05) is 0 Å². The van der Waals surface area contributed by atoms with Gasteiger partial charge in [0.1, 0.15) is 17.5 Å². The molecule has 0 fully saturated rings. The highest BCUT2D eigenvalue weighted by Gasteiger charge is 2.13. The molecule has 0 aliphatic carbocycles. The molecule has 4 aromatic rings. The number of carboxylic acid groups (broad SMARTS) is 1. The lowest BCUT2D eigenvalue weighted by Gasteiger charge is -1.98. The molecule has 0 saturated heterocycles. The van der Waals surface area contributed by atoms with E-state index >= 15 is 0 Å². The third kappa shape index (κ3) is 4.03. The molecule has 0 saturated carbocycles. The Morgan fingerprint density at radius 3 is 2.57 bits per heavy atom. The van der Waals surface area contributed by atoms with Crippen molar-refractivity contribution in [1.82, 2.24) is 14.8 Å². The Morgan fingerprint density at radius 2 is 1.83 bits per heavy atom. The summed E-state index contributed by atoms with van der Waals surface area (Å²) in [7, 11) is 0. The van der Waals surface area contributed by atoms with Crippen LogP contribution in [0.1, 0.15) is 15.9 Å². The van der Waals surface area contributed by atoms with E-state index in [0.29, 0.717) is 12.1 Å². The van der Waals surface area contributed by atoms with Crippen LogP contribution in [0.15, 0.2) is 82.3 Å². The topological polar surface area (TPSA) is 98.2 Å². The fraction of sp³-hybridized carbons (Fsp3) is 0.0435. The van der Waals surface area contributed by atoms with Gasteiger partial charge in [-0.2, -0.15) is 9.78 Å². The van der Waals surface area contributed by atoms with Crippen LogP contribution < -0.4 is 5.56 Å². The zero-order valence-corrected chi connectivity index (χ0v) is 15.6. The van der Waals surface area contributed by atoms with E-state index in [1.807, 2.05) is 30.3 Å². The van der Waals surface area contributed by atoms with E-state index in [0.717, 1.165) is 15.8 Å². The van der Waals surface area contributed by atoms with E-state index < -0.39 is 11.5 Å². The molecule has 0 bridgehead atoms. The van der Waals surface area contributed by atoms with Crippen LogP contribution in [0.5, 0.6) is 0 Å². The van der Waals surface area contributed by atoms with Crippen molar-refractivity contribution in [1.29, 1.82) is 0 Å². The first-order chi connectivity index (χ1) is 14.6. The molecular weight excluding hydrogens is 382 g/mol. The van der Waals surface area contributed by atoms with Crippen molar-refractivity contribution in [2.24, 2.45) is 0 Å². The standard InChI is InChI=1S/C23H15N3O4/c27-22-19(21-25-20(15-30-21)17-6-2-1-3-7-17)12-13-24-26(22)14-4-5-16-8-10-18(11-9-16)23(28)29/h1-3,6-13,15H,5H2,(H,28,29). The van der Waals surface area contributed by atoms with Crippen molar-refractivity contribution in [3.05, 3.63) is 94.6 Å². The zero-order valence-electron chi connectivity index (χ0n) is 15.6. The van der Waals surface area contributed by atoms with Crippen molar-refractivity contribution < 1.29 is 14.3 Å². The summed E-state index contributed by atoms with van der Waals surface area (Å²) in [5.41, 5.74) is 2.37. The molecule has 0 aliphatic heterocycles. The van der Waals surface area contributed by atoms with Crippen LogP contribution in [-0.2, 0) is 6.42 Å². The second kappa shape index (κ2) is 8.29. The normalized spacial score (nSPS) is 10.3. The maximum Gasteiger partial charge on any atom is 0.335 e. The second-order valence-electron chi connectivity index (χ2n) is 6.33. The molecule has 0 aliphatic rings. The van der Waals surface area contributed by atoms with Gasteiger partial charge >= 0.3 is 5.97 Å². The molecule has 7 heteroatoms. The number of aromatic carboxylic acids is 1. The third-order valence-electron chi connectivity index (χ3n) is 4.33. The first-order valence-electron chi connectivity index (χ1n) is 9.02. The third-order valence-corrected chi connectivity index (χ3v) is 4.33. The van der Waals surface area contributed by atoms with Crippen molar-refractivity contribution in [3.8, 4) is 34.7 Å². The van der Waals surface area contributed by atoms with Gasteiger partial charge in [0.15, 0.2) is 0 Å². The van der Waals surface area contributed by atoms with E-state index in [1.54, 1.807) is 12.1 Å². The summed E-state index contributed by atoms with van der Waals surface area (Å²) >= 11 is 0. The highest BCUT2D eigenvalue weighted by Crippen LogP contribution is 2.22. The lowest BCUT2D eigenvalue weighted by Crippen LogP contribution is -2.20. The zero-order chi connectivity index (χ0) is 20.9. The number of rotatable bonds is 4. The van der Waals surface area contributed by atoms with Crippen LogP contribution >= 0.6 is 0 Å². The summed E-state index contributed by atoms with van der Waals surface area (Å²) in [5.74, 6) is 2.08. The lowest BCUT2D eigenvalue weighted by atomic mass is 10.1. The van der Waals surface area contributed by atoms with E-state index in [2.05, 4.69) is 22.0 Å². The van der Waals surface area contributed by atoms with Gasteiger partial charge in [0.25, 0.3) is 5.56 Å². The van der Waals surface area contributed by atoms with Gasteiger partial charge < -0.3 is 9.52 Å². The molecule has 0 radical (unpaired) electrons. The van der Waals surface area contributed by atoms with Gasteiger partial charge in [-0.3, -0.25) is 4.79 Å². The molecule has 2 aromatic carbocycles. The summed E-state index contributed by atoms with van der Waals surface area (Å²) in [6, 6.07) is 20.1. The minimum atomic E-state index is -0.984. The van der Waals surface area contributed by atoms with Gasteiger partial charge in [-0.25, -0.2) is 9.78 Å². The highest BCUT2D eigenvalue weighted by molar-refractivity contribution is 5.87. The SMILES string of the molecule is O=C(O)c1ccc(CC#Cn2nccc(-c3nc(-c4ccccc4)co3)c2=O)cc1. The van der Waals surface area contributed by atoms with Gasteiger partial charge in [-0.1, -0.05) is 48.4 Å². The smallest absolute Gasteiger partial charge is 0.335 e. The van der Waals surface area contributed by atoms with Crippen LogP contribution in [0.25, 0.3) is 22.7 Å². The summed E-state index contributed by atoms with van der Waals surface area (Å²) in [5, 5.41) is 12.9. The fourth-order valence-electron chi connectivity index (χ4n) is 2.78. The number of oxazole rings is 1. The monoisotopic (exact) mass is 397 g/mol. The average molecular weight is 397 g/mol. The Hall–Kier alpha value is -4.44. The number of hydrogen-bond donors (Lipinski definition) is 1.